The van der Waals surface area contributed by atoms with Crippen LogP contribution < -0.4 is 0 Å². The fourth-order valence-electron chi connectivity index (χ4n) is 2.04. The molecular weight excluding hydrogens is 284 g/mol. The van der Waals surface area contributed by atoms with Crippen molar-refractivity contribution in [1.29, 1.82) is 0 Å². The van der Waals surface area contributed by atoms with Crippen molar-refractivity contribution in [2.24, 2.45) is 7.05 Å². The number of nitrogens with zero attached hydrogens (tertiary/aromatic N) is 4. The van der Waals surface area contributed by atoms with Crippen molar-refractivity contribution in [2.75, 3.05) is 32.8 Å². The second-order valence-electron chi connectivity index (χ2n) is 4.45. The molecule has 1 aliphatic heterocycles. The van der Waals surface area contributed by atoms with Crippen LogP contribution in [0.1, 0.15) is 17.3 Å². The number of aryl methyl sites for hydroxylation is 1. The van der Waals surface area contributed by atoms with Crippen LogP contribution in [0.25, 0.3) is 0 Å². The van der Waals surface area contributed by atoms with Crippen molar-refractivity contribution in [1.82, 2.24) is 19.6 Å². The lowest BCUT2D eigenvalue weighted by Gasteiger charge is -2.33. The van der Waals surface area contributed by atoms with Gasteiger partial charge in [0.2, 0.25) is 0 Å². The zero-order valence-corrected chi connectivity index (χ0v) is 12.3. The number of aromatic nitrogens is 2. The highest BCUT2D eigenvalue weighted by atomic mass is 35.5. The Morgan fingerprint density at radius 2 is 1.90 bits per heavy atom. The molecule has 0 N–H and O–H groups in total. The Bertz CT molecular complexity index is 509. The predicted molar refractivity (Wildman–Crippen MR) is 72.7 cm³/mol. The maximum atomic E-state index is 12.3. The summed E-state index contributed by atoms with van der Waals surface area (Å²) in [7, 11) is 1.68. The maximum Gasteiger partial charge on any atom is 0.409 e. The number of carbonyl (C=O) groups is 2. The monoisotopic (exact) mass is 300 g/mol. The van der Waals surface area contributed by atoms with Gasteiger partial charge in [-0.25, -0.2) is 4.79 Å². The number of hydrogen-bond acceptors (Lipinski definition) is 4. The fraction of sp³-hybridized carbons (Fsp3) is 0.583. The van der Waals surface area contributed by atoms with E-state index in [0.29, 0.717) is 43.5 Å². The molecule has 0 radical (unpaired) electrons. The minimum absolute atomic E-state index is 0.161. The highest BCUT2D eigenvalue weighted by Gasteiger charge is 2.27. The molecule has 0 saturated carbocycles. The number of ether oxygens (including phenoxy) is 1. The molecule has 20 heavy (non-hydrogen) atoms. The summed E-state index contributed by atoms with van der Waals surface area (Å²) < 4.78 is 6.38. The largest absolute Gasteiger partial charge is 0.450 e. The van der Waals surface area contributed by atoms with Crippen LogP contribution in [-0.4, -0.2) is 64.4 Å². The van der Waals surface area contributed by atoms with Crippen LogP contribution in [0.5, 0.6) is 0 Å². The summed E-state index contributed by atoms with van der Waals surface area (Å²) in [6.07, 6.45) is 1.13. The number of rotatable bonds is 2. The molecule has 1 aromatic heterocycles. The van der Waals surface area contributed by atoms with E-state index in [2.05, 4.69) is 5.10 Å². The molecule has 0 unspecified atom stereocenters. The summed E-state index contributed by atoms with van der Waals surface area (Å²) in [6, 6.07) is 0. The molecule has 2 amide bonds. The van der Waals surface area contributed by atoms with Crippen LogP contribution in [0.4, 0.5) is 4.79 Å². The van der Waals surface area contributed by atoms with Crippen LogP contribution in [0.15, 0.2) is 6.20 Å². The third-order valence-electron chi connectivity index (χ3n) is 3.19. The van der Waals surface area contributed by atoms with Gasteiger partial charge < -0.3 is 14.5 Å². The van der Waals surface area contributed by atoms with E-state index in [4.69, 9.17) is 16.3 Å². The Labute approximate surface area is 122 Å². The van der Waals surface area contributed by atoms with Crippen LogP contribution >= 0.6 is 11.6 Å². The predicted octanol–water partition coefficient (Wildman–Crippen LogP) is 0.988. The average Bonchev–Trinajstić information content (AvgIpc) is 2.79. The Morgan fingerprint density at radius 3 is 2.40 bits per heavy atom. The third kappa shape index (κ3) is 2.87. The van der Waals surface area contributed by atoms with Crippen LogP contribution in [-0.2, 0) is 11.8 Å². The fourth-order valence-corrected chi connectivity index (χ4v) is 2.22. The molecule has 0 spiro atoms. The van der Waals surface area contributed by atoms with Gasteiger partial charge in [0.25, 0.3) is 5.91 Å². The minimum atomic E-state index is -0.334. The standard InChI is InChI=1S/C12H17ClN4O3/c1-3-20-12(19)17-6-4-16(5-7-17)11(18)9-8-14-15(2)10(9)13/h8H,3-7H2,1-2H3. The summed E-state index contributed by atoms with van der Waals surface area (Å²) in [5.74, 6) is -0.161. The van der Waals surface area contributed by atoms with Crippen molar-refractivity contribution in [2.45, 2.75) is 6.92 Å². The van der Waals surface area contributed by atoms with E-state index in [9.17, 15) is 9.59 Å². The number of carbonyl (C=O) groups excluding carboxylic acids is 2. The van der Waals surface area contributed by atoms with Gasteiger partial charge in [0.05, 0.1) is 18.4 Å². The lowest BCUT2D eigenvalue weighted by Crippen LogP contribution is -2.50. The lowest BCUT2D eigenvalue weighted by atomic mass is 10.2. The number of hydrogen-bond donors (Lipinski definition) is 0. The topological polar surface area (TPSA) is 67.7 Å². The quantitative estimate of drug-likeness (QED) is 0.817. The SMILES string of the molecule is CCOC(=O)N1CCN(C(=O)c2cnn(C)c2Cl)CC1. The second kappa shape index (κ2) is 6.13. The van der Waals surface area contributed by atoms with Gasteiger partial charge in [-0.15, -0.1) is 0 Å². The van der Waals surface area contributed by atoms with Gasteiger partial charge in [0.15, 0.2) is 0 Å². The summed E-state index contributed by atoms with van der Waals surface area (Å²) in [5.41, 5.74) is 0.388. The van der Waals surface area contributed by atoms with Crippen molar-refractivity contribution in [3.63, 3.8) is 0 Å². The zero-order chi connectivity index (χ0) is 14.7. The van der Waals surface area contributed by atoms with Crippen LogP contribution in [0.3, 0.4) is 0 Å². The molecule has 0 bridgehead atoms. The summed E-state index contributed by atoms with van der Waals surface area (Å²) in [4.78, 5) is 27.1. The first-order valence-corrected chi connectivity index (χ1v) is 6.80. The first-order chi connectivity index (χ1) is 9.54. The first kappa shape index (κ1) is 14.6. The Morgan fingerprint density at radius 1 is 1.30 bits per heavy atom. The molecule has 8 heteroatoms. The van der Waals surface area contributed by atoms with Crippen molar-refractivity contribution < 1.29 is 14.3 Å². The van der Waals surface area contributed by atoms with Gasteiger partial charge in [-0.3, -0.25) is 9.48 Å². The van der Waals surface area contributed by atoms with Crippen LogP contribution in [0, 0.1) is 0 Å². The first-order valence-electron chi connectivity index (χ1n) is 6.43. The normalized spacial score (nSPS) is 15.3. The molecular formula is C12H17ClN4O3. The smallest absolute Gasteiger partial charge is 0.409 e. The number of piperazine rings is 1. The van der Waals surface area contributed by atoms with E-state index in [0.717, 1.165) is 0 Å². The molecule has 110 valence electrons. The van der Waals surface area contributed by atoms with E-state index in [1.54, 1.807) is 23.8 Å². The maximum absolute atomic E-state index is 12.3. The lowest BCUT2D eigenvalue weighted by molar-refractivity contribution is 0.0570. The molecule has 2 heterocycles. The highest BCUT2D eigenvalue weighted by molar-refractivity contribution is 6.32. The Kier molecular flexibility index (Phi) is 4.49. The van der Waals surface area contributed by atoms with Crippen molar-refractivity contribution in [3.05, 3.63) is 16.9 Å². The molecule has 0 atom stereocenters. The molecule has 1 saturated heterocycles. The Hall–Kier alpha value is -1.76. The second-order valence-corrected chi connectivity index (χ2v) is 4.81. The van der Waals surface area contributed by atoms with Crippen LogP contribution in [0.2, 0.25) is 5.15 Å². The molecule has 2 rings (SSSR count). The summed E-state index contributed by atoms with van der Waals surface area (Å²) in [5, 5.41) is 4.27. The van der Waals surface area contributed by atoms with Gasteiger partial charge in [-0.05, 0) is 6.92 Å². The van der Waals surface area contributed by atoms with Gasteiger partial charge in [-0.2, -0.15) is 5.10 Å². The van der Waals surface area contributed by atoms with E-state index in [1.165, 1.54) is 10.9 Å². The molecule has 7 nitrogen and oxygen atoms in total. The zero-order valence-electron chi connectivity index (χ0n) is 11.5. The molecule has 1 fully saturated rings. The van der Waals surface area contributed by atoms with E-state index in [1.807, 2.05) is 0 Å². The van der Waals surface area contributed by atoms with E-state index in [-0.39, 0.29) is 12.0 Å². The van der Waals surface area contributed by atoms with Crippen molar-refractivity contribution in [3.8, 4) is 0 Å². The van der Waals surface area contributed by atoms with Gasteiger partial charge in [0.1, 0.15) is 5.15 Å². The average molecular weight is 301 g/mol. The Balaban J connectivity index is 1.95. The molecule has 1 aromatic rings. The van der Waals surface area contributed by atoms with Gasteiger partial charge >= 0.3 is 6.09 Å². The number of amides is 2. The van der Waals surface area contributed by atoms with E-state index < -0.39 is 0 Å². The van der Waals surface area contributed by atoms with Crippen molar-refractivity contribution >= 4 is 23.6 Å². The highest BCUT2D eigenvalue weighted by Crippen LogP contribution is 2.17. The van der Waals surface area contributed by atoms with Gasteiger partial charge in [-0.1, -0.05) is 11.6 Å². The molecule has 0 aromatic carbocycles. The summed E-state index contributed by atoms with van der Waals surface area (Å²) in [6.45, 7) is 3.96. The molecule has 0 aliphatic carbocycles. The van der Waals surface area contributed by atoms with Gasteiger partial charge in [0, 0.05) is 33.2 Å². The number of halogens is 1. The minimum Gasteiger partial charge on any atom is -0.450 e. The molecule has 1 aliphatic rings. The summed E-state index contributed by atoms with van der Waals surface area (Å²) >= 11 is 6.01. The third-order valence-corrected chi connectivity index (χ3v) is 3.64. The van der Waals surface area contributed by atoms with E-state index >= 15 is 0 Å².